The van der Waals surface area contributed by atoms with Gasteiger partial charge in [-0.3, -0.25) is 0 Å². The van der Waals surface area contributed by atoms with Crippen LogP contribution in [0.25, 0.3) is 0 Å². The number of ether oxygens (including phenoxy) is 1. The van der Waals surface area contributed by atoms with Crippen molar-refractivity contribution in [1.82, 2.24) is 5.32 Å². The molecule has 1 aromatic rings. The minimum absolute atomic E-state index is 0.531. The van der Waals surface area contributed by atoms with Gasteiger partial charge in [-0.25, -0.2) is 0 Å². The van der Waals surface area contributed by atoms with Gasteiger partial charge in [-0.15, -0.1) is 0 Å². The molecule has 1 aliphatic rings. The number of nitrogens with zero attached hydrogens (tertiary/aromatic N) is 1. The Balaban J connectivity index is 2.17. The van der Waals surface area contributed by atoms with Crippen LogP contribution in [-0.2, 0) is 0 Å². The summed E-state index contributed by atoms with van der Waals surface area (Å²) < 4.78 is 5.21. The average molecular weight is 283 g/mol. The zero-order chi connectivity index (χ0) is 13.8. The monoisotopic (exact) mass is 282 g/mol. The quantitative estimate of drug-likeness (QED) is 0.922. The number of rotatable bonds is 3. The SMILES string of the molecule is COc1ccc(N2CCCNC(C(C)C)C2)cc1Cl. The van der Waals surface area contributed by atoms with E-state index in [9.17, 15) is 0 Å². The Hall–Kier alpha value is -0.930. The Bertz CT molecular complexity index is 423. The maximum atomic E-state index is 6.22. The number of hydrogen-bond donors (Lipinski definition) is 1. The highest BCUT2D eigenvalue weighted by Crippen LogP contribution is 2.29. The number of hydrogen-bond acceptors (Lipinski definition) is 3. The van der Waals surface area contributed by atoms with Gasteiger partial charge < -0.3 is 15.0 Å². The van der Waals surface area contributed by atoms with Gasteiger partial charge in [-0.05, 0) is 37.1 Å². The van der Waals surface area contributed by atoms with Crippen molar-refractivity contribution in [3.8, 4) is 5.75 Å². The van der Waals surface area contributed by atoms with Crippen molar-refractivity contribution in [3.05, 3.63) is 23.2 Å². The van der Waals surface area contributed by atoms with Gasteiger partial charge in [-0.2, -0.15) is 0 Å². The normalized spacial score (nSPS) is 20.5. The van der Waals surface area contributed by atoms with Crippen LogP contribution in [0.4, 0.5) is 5.69 Å². The van der Waals surface area contributed by atoms with E-state index in [1.165, 1.54) is 5.69 Å². The van der Waals surface area contributed by atoms with Gasteiger partial charge in [-0.1, -0.05) is 25.4 Å². The summed E-state index contributed by atoms with van der Waals surface area (Å²) in [6.45, 7) is 7.72. The van der Waals surface area contributed by atoms with Crippen molar-refractivity contribution < 1.29 is 4.74 Å². The molecule has 1 N–H and O–H groups in total. The predicted molar refractivity (Wildman–Crippen MR) is 81.5 cm³/mol. The van der Waals surface area contributed by atoms with E-state index < -0.39 is 0 Å². The fraction of sp³-hybridized carbons (Fsp3) is 0.600. The summed E-state index contributed by atoms with van der Waals surface area (Å²) in [4.78, 5) is 2.41. The average Bonchev–Trinajstić information content (AvgIpc) is 2.64. The van der Waals surface area contributed by atoms with Gasteiger partial charge in [0.25, 0.3) is 0 Å². The molecule has 0 spiro atoms. The molecule has 0 amide bonds. The molecular formula is C15H23ClN2O. The number of benzene rings is 1. The number of anilines is 1. The zero-order valence-electron chi connectivity index (χ0n) is 11.9. The molecule has 1 fully saturated rings. The Morgan fingerprint density at radius 1 is 1.42 bits per heavy atom. The fourth-order valence-electron chi connectivity index (χ4n) is 2.48. The Morgan fingerprint density at radius 3 is 2.84 bits per heavy atom. The molecule has 0 saturated carbocycles. The third-order valence-corrected chi connectivity index (χ3v) is 4.03. The molecule has 1 aliphatic heterocycles. The van der Waals surface area contributed by atoms with Crippen LogP contribution >= 0.6 is 11.6 Å². The minimum Gasteiger partial charge on any atom is -0.495 e. The lowest BCUT2D eigenvalue weighted by Gasteiger charge is -2.28. The van der Waals surface area contributed by atoms with Crippen molar-refractivity contribution in [3.63, 3.8) is 0 Å². The van der Waals surface area contributed by atoms with Crippen LogP contribution in [0, 0.1) is 5.92 Å². The van der Waals surface area contributed by atoms with E-state index in [2.05, 4.69) is 30.1 Å². The van der Waals surface area contributed by atoms with E-state index in [-0.39, 0.29) is 0 Å². The van der Waals surface area contributed by atoms with Crippen molar-refractivity contribution in [1.29, 1.82) is 0 Å². The van der Waals surface area contributed by atoms with E-state index in [4.69, 9.17) is 16.3 Å². The Kier molecular flexibility index (Phi) is 4.94. The second kappa shape index (κ2) is 6.49. The molecule has 19 heavy (non-hydrogen) atoms. The van der Waals surface area contributed by atoms with Crippen LogP contribution in [0.3, 0.4) is 0 Å². The highest BCUT2D eigenvalue weighted by atomic mass is 35.5. The zero-order valence-corrected chi connectivity index (χ0v) is 12.7. The highest BCUT2D eigenvalue weighted by Gasteiger charge is 2.20. The summed E-state index contributed by atoms with van der Waals surface area (Å²) in [7, 11) is 1.64. The maximum absolute atomic E-state index is 6.22. The van der Waals surface area contributed by atoms with E-state index >= 15 is 0 Å². The molecular weight excluding hydrogens is 260 g/mol. The molecule has 0 aliphatic carbocycles. The van der Waals surface area contributed by atoms with Crippen LogP contribution in [0.2, 0.25) is 5.02 Å². The summed E-state index contributed by atoms with van der Waals surface area (Å²) in [5.74, 6) is 1.37. The van der Waals surface area contributed by atoms with Crippen molar-refractivity contribution in [2.24, 2.45) is 5.92 Å². The molecule has 1 saturated heterocycles. The van der Waals surface area contributed by atoms with Crippen LogP contribution in [-0.4, -0.2) is 32.8 Å². The first kappa shape index (κ1) is 14.5. The molecule has 4 heteroatoms. The number of halogens is 1. The summed E-state index contributed by atoms with van der Waals surface area (Å²) in [6.07, 6.45) is 1.16. The van der Waals surface area contributed by atoms with E-state index in [1.54, 1.807) is 7.11 Å². The first-order chi connectivity index (χ1) is 9.11. The molecule has 0 bridgehead atoms. The second-order valence-electron chi connectivity index (χ2n) is 5.42. The topological polar surface area (TPSA) is 24.5 Å². The summed E-state index contributed by atoms with van der Waals surface area (Å²) in [6, 6.07) is 6.57. The van der Waals surface area contributed by atoms with Crippen molar-refractivity contribution in [2.45, 2.75) is 26.3 Å². The summed E-state index contributed by atoms with van der Waals surface area (Å²) in [5, 5.41) is 4.30. The number of nitrogens with one attached hydrogen (secondary N) is 1. The van der Waals surface area contributed by atoms with Crippen LogP contribution < -0.4 is 15.0 Å². The fourth-order valence-corrected chi connectivity index (χ4v) is 2.74. The molecule has 1 unspecified atom stereocenters. The van der Waals surface area contributed by atoms with Crippen LogP contribution in [0.1, 0.15) is 20.3 Å². The first-order valence-electron chi connectivity index (χ1n) is 6.93. The van der Waals surface area contributed by atoms with Gasteiger partial charge in [0.1, 0.15) is 5.75 Å². The van der Waals surface area contributed by atoms with Gasteiger partial charge in [0.2, 0.25) is 0 Å². The highest BCUT2D eigenvalue weighted by molar-refractivity contribution is 6.32. The molecule has 1 aromatic carbocycles. The lowest BCUT2D eigenvalue weighted by molar-refractivity contribution is 0.414. The third-order valence-electron chi connectivity index (χ3n) is 3.73. The largest absolute Gasteiger partial charge is 0.495 e. The standard InChI is InChI=1S/C15H23ClN2O/c1-11(2)14-10-18(8-4-7-17-14)12-5-6-15(19-3)13(16)9-12/h5-6,9,11,14,17H,4,7-8,10H2,1-3H3. The Morgan fingerprint density at radius 2 is 2.21 bits per heavy atom. The molecule has 0 radical (unpaired) electrons. The molecule has 1 atom stereocenters. The Labute approximate surface area is 120 Å². The van der Waals surface area contributed by atoms with E-state index in [1.807, 2.05) is 12.1 Å². The van der Waals surface area contributed by atoms with E-state index in [0.717, 1.165) is 31.8 Å². The van der Waals surface area contributed by atoms with Crippen molar-refractivity contribution in [2.75, 3.05) is 31.6 Å². The molecule has 0 aromatic heterocycles. The predicted octanol–water partition coefficient (Wildman–Crippen LogP) is 3.17. The summed E-state index contributed by atoms with van der Waals surface area (Å²) in [5.41, 5.74) is 1.18. The van der Waals surface area contributed by atoms with Crippen molar-refractivity contribution >= 4 is 17.3 Å². The van der Waals surface area contributed by atoms with Gasteiger partial charge >= 0.3 is 0 Å². The minimum atomic E-state index is 0.531. The maximum Gasteiger partial charge on any atom is 0.137 e. The number of methoxy groups -OCH3 is 1. The van der Waals surface area contributed by atoms with E-state index in [0.29, 0.717) is 17.0 Å². The molecule has 3 nitrogen and oxygen atoms in total. The van der Waals surface area contributed by atoms with Gasteiger partial charge in [0.05, 0.1) is 12.1 Å². The molecule has 106 valence electrons. The van der Waals surface area contributed by atoms with Gasteiger partial charge in [0, 0.05) is 24.8 Å². The lowest BCUT2D eigenvalue weighted by atomic mass is 10.0. The smallest absolute Gasteiger partial charge is 0.137 e. The third kappa shape index (κ3) is 3.54. The molecule has 2 rings (SSSR count). The van der Waals surface area contributed by atoms with Crippen LogP contribution in [0.5, 0.6) is 5.75 Å². The lowest BCUT2D eigenvalue weighted by Crippen LogP contribution is -2.41. The molecule has 1 heterocycles. The van der Waals surface area contributed by atoms with Crippen LogP contribution in [0.15, 0.2) is 18.2 Å². The second-order valence-corrected chi connectivity index (χ2v) is 5.83. The first-order valence-corrected chi connectivity index (χ1v) is 7.31. The van der Waals surface area contributed by atoms with Gasteiger partial charge in [0.15, 0.2) is 0 Å². The summed E-state index contributed by atoms with van der Waals surface area (Å²) >= 11 is 6.22.